The van der Waals surface area contributed by atoms with Crippen molar-refractivity contribution in [3.05, 3.63) is 90.0 Å². The Kier molecular flexibility index (Phi) is 11.7. The molecule has 8 rings (SSSR count). The molecule has 3 N–H and O–H groups in total. The van der Waals surface area contributed by atoms with E-state index >= 15 is 4.39 Å². The summed E-state index contributed by atoms with van der Waals surface area (Å²) in [6, 6.07) is 18.5. The molecule has 3 aromatic carbocycles. The molecule has 0 aliphatic carbocycles. The van der Waals surface area contributed by atoms with E-state index in [1.54, 1.807) is 0 Å². The number of para-hydroxylation sites is 1. The zero-order chi connectivity index (χ0) is 41.0. The Morgan fingerprint density at radius 1 is 0.898 bits per heavy atom. The van der Waals surface area contributed by atoms with Gasteiger partial charge >= 0.3 is 0 Å². The molecular weight excluding hydrogens is 776 g/mol. The fraction of sp³-hybridized carbons (Fsp3) is 0.349. The lowest BCUT2D eigenvalue weighted by Gasteiger charge is -2.33. The van der Waals surface area contributed by atoms with Gasteiger partial charge in [0.25, 0.3) is 11.8 Å². The van der Waals surface area contributed by atoms with E-state index in [4.69, 9.17) is 15.6 Å². The maximum absolute atomic E-state index is 15.0. The van der Waals surface area contributed by atoms with Gasteiger partial charge in [-0.3, -0.25) is 34.2 Å². The van der Waals surface area contributed by atoms with Crippen LogP contribution in [0.5, 0.6) is 11.5 Å². The van der Waals surface area contributed by atoms with Crippen molar-refractivity contribution in [2.45, 2.75) is 81.2 Å². The van der Waals surface area contributed by atoms with Crippen molar-refractivity contribution in [2.24, 2.45) is 0 Å². The first kappa shape index (κ1) is 39.7. The zero-order valence-corrected chi connectivity index (χ0v) is 33.1. The Morgan fingerprint density at radius 3 is 2.46 bits per heavy atom. The number of anilines is 1. The largest absolute Gasteiger partial charge is 0.457 e. The first-order chi connectivity index (χ1) is 28.7. The van der Waals surface area contributed by atoms with Crippen LogP contribution in [0.4, 0.5) is 10.2 Å². The standard InChI is InChI=1S/C43H43FN8O6S/c44-31-19-18-30-35(43(57)51(42(30)56)32-20-21-33(53)48-41(32)55)38(31)59-23-8-3-1-2-7-13-34(54)50-22-9-10-27(24-50)52-40-36(39(45)46-25-47-40)37(49-52)26-14-16-29(17-15-26)58-28-11-5-4-6-12-28/h4-6,11-12,14-19,25,27,32H,1-3,7-10,13,20-24H2,(H2,45,46,47)(H,48,53,55)/t27-,32?/m1/s1. The minimum Gasteiger partial charge on any atom is -0.457 e. The number of hydrogen-bond donors (Lipinski definition) is 2. The maximum Gasteiger partial charge on any atom is 0.263 e. The Balaban J connectivity index is 0.814. The minimum atomic E-state index is -1.11. The molecule has 2 saturated heterocycles. The monoisotopic (exact) mass is 818 g/mol. The van der Waals surface area contributed by atoms with Gasteiger partial charge in [-0.05, 0) is 86.4 Å². The van der Waals surface area contributed by atoms with Crippen molar-refractivity contribution in [1.29, 1.82) is 0 Å². The summed E-state index contributed by atoms with van der Waals surface area (Å²) < 4.78 is 22.9. The lowest BCUT2D eigenvalue weighted by molar-refractivity contribution is -0.136. The number of nitrogens with two attached hydrogens (primary N) is 1. The summed E-state index contributed by atoms with van der Waals surface area (Å²) in [5.41, 5.74) is 8.57. The van der Waals surface area contributed by atoms with Crippen molar-refractivity contribution < 1.29 is 33.1 Å². The summed E-state index contributed by atoms with van der Waals surface area (Å²) in [5.74, 6) is -0.751. The third kappa shape index (κ3) is 8.26. The molecule has 3 aliphatic rings. The summed E-state index contributed by atoms with van der Waals surface area (Å²) >= 11 is 1.18. The first-order valence-corrected chi connectivity index (χ1v) is 20.9. The SMILES string of the molecule is Nc1ncnc2c1c(-c1ccc(Oc3ccccc3)cc1)nn2[C@@H]1CCCN(C(=O)CCCCCCCSc2c(F)ccc3c2C(=O)N(C2CCC(=O)NC2=O)C3=O)C1. The summed E-state index contributed by atoms with van der Waals surface area (Å²) in [7, 11) is 0. The number of nitrogen functional groups attached to an aromatic ring is 1. The molecule has 5 amide bonds. The summed E-state index contributed by atoms with van der Waals surface area (Å²) in [4.78, 5) is 75.6. The molecule has 59 heavy (non-hydrogen) atoms. The lowest BCUT2D eigenvalue weighted by atomic mass is 10.0. The number of rotatable bonds is 14. The molecule has 2 fully saturated rings. The van der Waals surface area contributed by atoms with Crippen molar-refractivity contribution in [3.8, 4) is 22.8 Å². The number of amides is 5. The molecule has 0 bridgehead atoms. The van der Waals surface area contributed by atoms with E-state index in [0.29, 0.717) is 53.6 Å². The number of likely N-dealkylation sites (tertiary alicyclic amines) is 1. The predicted molar refractivity (Wildman–Crippen MR) is 218 cm³/mol. The zero-order valence-electron chi connectivity index (χ0n) is 32.3. The van der Waals surface area contributed by atoms with E-state index in [2.05, 4.69) is 15.3 Å². The Morgan fingerprint density at radius 2 is 1.66 bits per heavy atom. The maximum atomic E-state index is 15.0. The normalized spacial score (nSPS) is 18.1. The van der Waals surface area contributed by atoms with Gasteiger partial charge in [0.15, 0.2) is 5.65 Å². The van der Waals surface area contributed by atoms with Crippen LogP contribution in [0.15, 0.2) is 78.0 Å². The highest BCUT2D eigenvalue weighted by Gasteiger charge is 2.46. The molecule has 2 aromatic heterocycles. The number of hydrogen-bond acceptors (Lipinski definition) is 11. The average molecular weight is 819 g/mol. The first-order valence-electron chi connectivity index (χ1n) is 19.9. The topological polar surface area (TPSA) is 183 Å². The highest BCUT2D eigenvalue weighted by Crippen LogP contribution is 2.38. The number of piperidine rings is 2. The van der Waals surface area contributed by atoms with Gasteiger partial charge in [0, 0.05) is 31.5 Å². The molecule has 0 radical (unpaired) electrons. The molecule has 5 aromatic rings. The number of benzene rings is 3. The van der Waals surface area contributed by atoms with Crippen molar-refractivity contribution >= 4 is 58.1 Å². The third-order valence-electron chi connectivity index (χ3n) is 11.0. The van der Waals surface area contributed by atoms with Crippen LogP contribution in [-0.4, -0.2) is 84.0 Å². The van der Waals surface area contributed by atoms with Gasteiger partial charge in [-0.25, -0.2) is 19.0 Å². The molecule has 2 atom stereocenters. The quantitative estimate of drug-likeness (QED) is 0.0691. The molecule has 1 unspecified atom stereocenters. The molecule has 14 nitrogen and oxygen atoms in total. The van der Waals surface area contributed by atoms with Crippen LogP contribution in [0.25, 0.3) is 22.3 Å². The van der Waals surface area contributed by atoms with Crippen molar-refractivity contribution in [2.75, 3.05) is 24.6 Å². The fourth-order valence-corrected chi connectivity index (χ4v) is 9.12. The second-order valence-corrected chi connectivity index (χ2v) is 16.0. The van der Waals surface area contributed by atoms with Gasteiger partial charge in [0.05, 0.1) is 27.5 Å². The third-order valence-corrected chi connectivity index (χ3v) is 12.2. The predicted octanol–water partition coefficient (Wildman–Crippen LogP) is 6.70. The molecular formula is C43H43FN8O6S. The fourth-order valence-electron chi connectivity index (χ4n) is 8.02. The van der Waals surface area contributed by atoms with Gasteiger partial charge < -0.3 is 15.4 Å². The number of fused-ring (bicyclic) bond motifs is 2. The number of ether oxygens (including phenoxy) is 1. The van der Waals surface area contributed by atoms with Crippen LogP contribution in [-0.2, 0) is 14.4 Å². The van der Waals surface area contributed by atoms with Gasteiger partial charge in [-0.15, -0.1) is 11.8 Å². The lowest BCUT2D eigenvalue weighted by Crippen LogP contribution is -2.54. The minimum absolute atomic E-state index is 0.00769. The number of carbonyl (C=O) groups is 5. The van der Waals surface area contributed by atoms with Crippen LogP contribution in [0, 0.1) is 5.82 Å². The molecule has 304 valence electrons. The van der Waals surface area contributed by atoms with E-state index in [9.17, 15) is 24.0 Å². The highest BCUT2D eigenvalue weighted by molar-refractivity contribution is 7.99. The van der Waals surface area contributed by atoms with E-state index in [0.717, 1.165) is 61.2 Å². The second kappa shape index (κ2) is 17.4. The van der Waals surface area contributed by atoms with Gasteiger partial charge in [0.1, 0.15) is 41.2 Å². The molecule has 5 heterocycles. The van der Waals surface area contributed by atoms with E-state index in [1.807, 2.05) is 64.2 Å². The van der Waals surface area contributed by atoms with Crippen molar-refractivity contribution in [1.82, 2.24) is 34.9 Å². The number of halogens is 1. The van der Waals surface area contributed by atoms with E-state index in [-0.39, 0.29) is 40.8 Å². The Hall–Kier alpha value is -6.16. The van der Waals surface area contributed by atoms with Crippen LogP contribution in [0.1, 0.15) is 91.0 Å². The van der Waals surface area contributed by atoms with E-state index in [1.165, 1.54) is 30.2 Å². The Bertz CT molecular complexity index is 2430. The van der Waals surface area contributed by atoms with Crippen molar-refractivity contribution in [3.63, 3.8) is 0 Å². The number of thioether (sulfide) groups is 1. The molecule has 0 spiro atoms. The molecule has 3 aliphatic heterocycles. The molecule has 0 saturated carbocycles. The number of unbranched alkanes of at least 4 members (excludes halogenated alkanes) is 4. The van der Waals surface area contributed by atoms with Crippen LogP contribution >= 0.6 is 11.8 Å². The van der Waals surface area contributed by atoms with Crippen LogP contribution < -0.4 is 15.8 Å². The van der Waals surface area contributed by atoms with Gasteiger partial charge in [-0.2, -0.15) is 5.10 Å². The number of nitrogens with zero attached hydrogens (tertiary/aromatic N) is 6. The smallest absolute Gasteiger partial charge is 0.263 e. The van der Waals surface area contributed by atoms with Crippen LogP contribution in [0.2, 0.25) is 0 Å². The number of carbonyl (C=O) groups excluding carboxylic acids is 5. The summed E-state index contributed by atoms with van der Waals surface area (Å²) in [6.45, 7) is 1.19. The van der Waals surface area contributed by atoms with Gasteiger partial charge in [-0.1, -0.05) is 37.5 Å². The number of aromatic nitrogens is 4. The Labute approximate surface area is 343 Å². The van der Waals surface area contributed by atoms with E-state index < -0.39 is 35.5 Å². The summed E-state index contributed by atoms with van der Waals surface area (Å²) in [6.07, 6.45) is 7.65. The summed E-state index contributed by atoms with van der Waals surface area (Å²) in [5, 5.41) is 7.86. The van der Waals surface area contributed by atoms with Gasteiger partial charge in [0.2, 0.25) is 17.7 Å². The number of nitrogens with one attached hydrogen (secondary N) is 1. The molecule has 16 heteroatoms. The highest BCUT2D eigenvalue weighted by atomic mass is 32.2. The second-order valence-electron chi connectivity index (χ2n) is 14.9. The number of imide groups is 2. The van der Waals surface area contributed by atoms with Crippen LogP contribution in [0.3, 0.4) is 0 Å². The average Bonchev–Trinajstić information content (AvgIpc) is 3.75.